The molecule has 2 N–H and O–H groups in total. The second-order valence-electron chi connectivity index (χ2n) is 8.49. The van der Waals surface area contributed by atoms with Crippen molar-refractivity contribution in [3.63, 3.8) is 0 Å². The lowest BCUT2D eigenvalue weighted by molar-refractivity contribution is -0.131. The van der Waals surface area contributed by atoms with Crippen molar-refractivity contribution in [1.29, 1.82) is 0 Å². The highest BCUT2D eigenvalue weighted by Crippen LogP contribution is 2.48. The number of hydrogen-bond acceptors (Lipinski definition) is 8. The molecule has 5 rings (SSSR count). The Hall–Kier alpha value is -4.51. The van der Waals surface area contributed by atoms with Crippen molar-refractivity contribution < 1.29 is 28.2 Å². The molecule has 2 aromatic heterocycles. The van der Waals surface area contributed by atoms with Gasteiger partial charge in [-0.2, -0.15) is 4.98 Å². The smallest absolute Gasteiger partial charge is 0.257 e. The van der Waals surface area contributed by atoms with E-state index in [4.69, 9.17) is 25.8 Å². The molecule has 0 radical (unpaired) electrons. The predicted molar refractivity (Wildman–Crippen MR) is 137 cm³/mol. The highest BCUT2D eigenvalue weighted by Gasteiger charge is 2.56. The molecule has 4 aromatic rings. The summed E-state index contributed by atoms with van der Waals surface area (Å²) in [6, 6.07) is 11.6. The third-order valence-electron chi connectivity index (χ3n) is 6.04. The van der Waals surface area contributed by atoms with Crippen molar-refractivity contribution in [3.8, 4) is 23.3 Å². The molecule has 0 unspecified atom stereocenters. The highest BCUT2D eigenvalue weighted by atomic mass is 35.5. The van der Waals surface area contributed by atoms with Crippen LogP contribution < -0.4 is 24.8 Å². The van der Waals surface area contributed by atoms with Gasteiger partial charge in [-0.05, 0) is 55.3 Å². The molecule has 2 heterocycles. The number of methoxy groups -OCH3 is 2. The molecule has 0 bridgehead atoms. The van der Waals surface area contributed by atoms with Crippen molar-refractivity contribution in [2.45, 2.75) is 12.8 Å². The molecule has 2 amide bonds. The van der Waals surface area contributed by atoms with E-state index in [0.29, 0.717) is 41.0 Å². The standard InChI is InChI=1S/C26H21ClFN5O5/c1-36-20-12-18-21(33-22(20)37-2)23(30-13-29-18)38-19-8-7-16(11-17(19)27)32-25(35)26(9-10-26)24(34)31-15-5-3-14(28)4-6-15/h3-8,11-13H,9-10H2,1-2H3,(H,31,34)(H,32,35). The zero-order valence-corrected chi connectivity index (χ0v) is 21.0. The third-order valence-corrected chi connectivity index (χ3v) is 6.34. The average Bonchev–Trinajstić information content (AvgIpc) is 3.73. The number of nitrogens with one attached hydrogen (secondary N) is 2. The summed E-state index contributed by atoms with van der Waals surface area (Å²) in [5, 5.41) is 5.60. The van der Waals surface area contributed by atoms with Gasteiger partial charge in [0.2, 0.25) is 17.7 Å². The average molecular weight is 538 g/mol. The Bertz CT molecular complexity index is 1550. The van der Waals surface area contributed by atoms with E-state index in [-0.39, 0.29) is 22.5 Å². The molecule has 1 aliphatic rings. The van der Waals surface area contributed by atoms with Gasteiger partial charge in [-0.1, -0.05) is 11.6 Å². The molecular weight excluding hydrogens is 517 g/mol. The predicted octanol–water partition coefficient (Wildman–Crippen LogP) is 4.98. The Kier molecular flexibility index (Phi) is 6.68. The number of carbonyl (C=O) groups is 2. The van der Waals surface area contributed by atoms with Gasteiger partial charge in [0.05, 0.1) is 19.2 Å². The van der Waals surface area contributed by atoms with Crippen molar-refractivity contribution in [2.24, 2.45) is 5.41 Å². The van der Waals surface area contributed by atoms with Gasteiger partial charge in [0.15, 0.2) is 11.3 Å². The highest BCUT2D eigenvalue weighted by molar-refractivity contribution is 6.32. The first kappa shape index (κ1) is 25.2. The minimum Gasteiger partial charge on any atom is -0.491 e. The molecule has 38 heavy (non-hydrogen) atoms. The van der Waals surface area contributed by atoms with E-state index in [0.717, 1.165) is 0 Å². The van der Waals surface area contributed by atoms with Crippen LogP contribution in [0.15, 0.2) is 54.9 Å². The number of carbonyl (C=O) groups excluding carboxylic acids is 2. The van der Waals surface area contributed by atoms with Crippen molar-refractivity contribution in [1.82, 2.24) is 15.0 Å². The normalized spacial score (nSPS) is 13.5. The van der Waals surface area contributed by atoms with E-state index in [9.17, 15) is 14.0 Å². The molecular formula is C26H21ClFN5O5. The van der Waals surface area contributed by atoms with Crippen LogP contribution in [0.1, 0.15) is 12.8 Å². The summed E-state index contributed by atoms with van der Waals surface area (Å²) in [5.74, 6) is -0.295. The van der Waals surface area contributed by atoms with Gasteiger partial charge in [0.25, 0.3) is 5.88 Å². The first-order chi connectivity index (χ1) is 18.3. The van der Waals surface area contributed by atoms with E-state index in [1.54, 1.807) is 18.2 Å². The molecule has 1 saturated carbocycles. The maximum Gasteiger partial charge on any atom is 0.257 e. The number of halogens is 2. The van der Waals surface area contributed by atoms with Gasteiger partial charge >= 0.3 is 0 Å². The Morgan fingerprint density at radius 1 is 0.895 bits per heavy atom. The quantitative estimate of drug-likeness (QED) is 0.301. The van der Waals surface area contributed by atoms with Crippen LogP contribution in [0.3, 0.4) is 0 Å². The Balaban J connectivity index is 1.31. The molecule has 0 saturated heterocycles. The van der Waals surface area contributed by atoms with Gasteiger partial charge in [0, 0.05) is 17.4 Å². The van der Waals surface area contributed by atoms with E-state index in [2.05, 4.69) is 25.6 Å². The summed E-state index contributed by atoms with van der Waals surface area (Å²) < 4.78 is 29.6. The van der Waals surface area contributed by atoms with E-state index >= 15 is 0 Å². The zero-order chi connectivity index (χ0) is 26.9. The van der Waals surface area contributed by atoms with Crippen LogP contribution in [0.25, 0.3) is 11.0 Å². The monoisotopic (exact) mass is 537 g/mol. The van der Waals surface area contributed by atoms with Crippen LogP contribution in [0.5, 0.6) is 23.3 Å². The number of hydrogen-bond donors (Lipinski definition) is 2. The summed E-state index contributed by atoms with van der Waals surface area (Å²) in [6.07, 6.45) is 2.10. The second kappa shape index (κ2) is 10.1. The lowest BCUT2D eigenvalue weighted by atomic mass is 10.0. The molecule has 10 nitrogen and oxygen atoms in total. The number of amides is 2. The minimum atomic E-state index is -1.21. The number of benzene rings is 2. The maximum absolute atomic E-state index is 13.1. The van der Waals surface area contributed by atoms with Gasteiger partial charge in [-0.3, -0.25) is 9.59 Å². The van der Waals surface area contributed by atoms with Crippen LogP contribution >= 0.6 is 11.6 Å². The van der Waals surface area contributed by atoms with Crippen molar-refractivity contribution >= 4 is 45.8 Å². The van der Waals surface area contributed by atoms with Gasteiger partial charge in [-0.15, -0.1) is 0 Å². The van der Waals surface area contributed by atoms with E-state index < -0.39 is 23.0 Å². The lowest BCUT2D eigenvalue weighted by Gasteiger charge is -2.16. The Morgan fingerprint density at radius 2 is 1.58 bits per heavy atom. The molecule has 0 atom stereocenters. The van der Waals surface area contributed by atoms with Gasteiger partial charge in [0.1, 0.15) is 28.8 Å². The summed E-state index contributed by atoms with van der Waals surface area (Å²) in [7, 11) is 2.95. The number of anilines is 2. The number of rotatable bonds is 8. The molecule has 194 valence electrons. The van der Waals surface area contributed by atoms with Crippen LogP contribution in [-0.2, 0) is 9.59 Å². The second-order valence-corrected chi connectivity index (χ2v) is 8.90. The van der Waals surface area contributed by atoms with E-state index in [1.807, 2.05) is 0 Å². The number of aromatic nitrogens is 3. The molecule has 12 heteroatoms. The zero-order valence-electron chi connectivity index (χ0n) is 20.2. The van der Waals surface area contributed by atoms with Gasteiger partial charge in [-0.25, -0.2) is 14.4 Å². The Morgan fingerprint density at radius 3 is 2.21 bits per heavy atom. The van der Waals surface area contributed by atoms with Crippen LogP contribution in [0.2, 0.25) is 5.02 Å². The topological polar surface area (TPSA) is 125 Å². The fourth-order valence-electron chi connectivity index (χ4n) is 3.78. The minimum absolute atomic E-state index is 0.143. The molecule has 2 aromatic carbocycles. The van der Waals surface area contributed by atoms with Crippen molar-refractivity contribution in [3.05, 3.63) is 65.7 Å². The lowest BCUT2D eigenvalue weighted by Crippen LogP contribution is -2.35. The fourth-order valence-corrected chi connectivity index (χ4v) is 4.00. The van der Waals surface area contributed by atoms with Crippen molar-refractivity contribution in [2.75, 3.05) is 24.9 Å². The SMILES string of the molecule is COc1cc2ncnc(Oc3ccc(NC(=O)C4(C(=O)Nc5ccc(F)cc5)CC4)cc3Cl)c2nc1OC. The number of fused-ring (bicyclic) bond motifs is 1. The molecule has 0 spiro atoms. The number of ether oxygens (including phenoxy) is 3. The van der Waals surface area contributed by atoms with E-state index in [1.165, 1.54) is 50.9 Å². The van der Waals surface area contributed by atoms with Crippen LogP contribution in [0, 0.1) is 11.2 Å². The molecule has 1 aliphatic carbocycles. The van der Waals surface area contributed by atoms with Gasteiger partial charge < -0.3 is 24.8 Å². The van der Waals surface area contributed by atoms with Crippen LogP contribution in [0.4, 0.5) is 15.8 Å². The summed E-state index contributed by atoms with van der Waals surface area (Å²) in [6.45, 7) is 0. The fraction of sp³-hybridized carbons (Fsp3) is 0.192. The Labute approximate surface area is 221 Å². The van der Waals surface area contributed by atoms with Crippen LogP contribution in [-0.4, -0.2) is 41.0 Å². The molecule has 1 fully saturated rings. The third kappa shape index (κ3) is 4.88. The summed E-state index contributed by atoms with van der Waals surface area (Å²) in [5.41, 5.74) is 0.387. The summed E-state index contributed by atoms with van der Waals surface area (Å²) >= 11 is 6.44. The first-order valence-electron chi connectivity index (χ1n) is 11.4. The largest absolute Gasteiger partial charge is 0.491 e. The number of nitrogens with zero attached hydrogens (tertiary/aromatic N) is 3. The maximum atomic E-state index is 13.1. The summed E-state index contributed by atoms with van der Waals surface area (Å²) in [4.78, 5) is 38.5. The first-order valence-corrected chi connectivity index (χ1v) is 11.8. The molecule has 0 aliphatic heterocycles. The number of pyridine rings is 1.